The first-order chi connectivity index (χ1) is 9.47. The highest BCUT2D eigenvalue weighted by Gasteiger charge is 2.08. The average molecular weight is 331 g/mol. The fourth-order valence-corrected chi connectivity index (χ4v) is 2.34. The maximum absolute atomic E-state index is 6.17. The van der Waals surface area contributed by atoms with Gasteiger partial charge in [-0.25, -0.2) is 0 Å². The van der Waals surface area contributed by atoms with Crippen molar-refractivity contribution in [1.29, 1.82) is 0 Å². The highest BCUT2D eigenvalue weighted by molar-refractivity contribution is 6.33. The number of ether oxygens (including phenoxy) is 1. The smallest absolute Gasteiger partial charge is 0.138 e. The molecule has 2 N–H and O–H groups in total. The van der Waals surface area contributed by atoms with Gasteiger partial charge in [0.1, 0.15) is 12.4 Å². The lowest BCUT2D eigenvalue weighted by molar-refractivity contribution is 0.306. The van der Waals surface area contributed by atoms with Crippen LogP contribution in [-0.4, -0.2) is 0 Å². The highest BCUT2D eigenvalue weighted by Crippen LogP contribution is 2.29. The maximum Gasteiger partial charge on any atom is 0.138 e. The second-order valence-electron chi connectivity index (χ2n) is 4.50. The van der Waals surface area contributed by atoms with Gasteiger partial charge in [-0.15, -0.1) is 0 Å². The van der Waals surface area contributed by atoms with Crippen molar-refractivity contribution < 1.29 is 4.74 Å². The summed E-state index contributed by atoms with van der Waals surface area (Å²) in [6.07, 6.45) is 0. The third-order valence-corrected chi connectivity index (χ3v) is 3.77. The van der Waals surface area contributed by atoms with Crippen LogP contribution in [0.5, 0.6) is 5.75 Å². The lowest BCUT2D eigenvalue weighted by Gasteiger charge is -2.12. The van der Waals surface area contributed by atoms with Gasteiger partial charge in [-0.1, -0.05) is 40.9 Å². The maximum atomic E-state index is 6.17. The summed E-state index contributed by atoms with van der Waals surface area (Å²) in [4.78, 5) is 0. The Labute approximate surface area is 133 Å². The molecule has 2 aromatic rings. The van der Waals surface area contributed by atoms with E-state index in [2.05, 4.69) is 0 Å². The van der Waals surface area contributed by atoms with Crippen LogP contribution in [-0.2, 0) is 6.61 Å². The van der Waals surface area contributed by atoms with E-state index < -0.39 is 0 Å². The first-order valence-corrected chi connectivity index (χ1v) is 7.22. The van der Waals surface area contributed by atoms with Crippen LogP contribution in [0.3, 0.4) is 0 Å². The van der Waals surface area contributed by atoms with Crippen LogP contribution >= 0.6 is 34.8 Å². The van der Waals surface area contributed by atoms with Crippen LogP contribution in [0.1, 0.15) is 24.1 Å². The molecule has 0 radical (unpaired) electrons. The van der Waals surface area contributed by atoms with Crippen molar-refractivity contribution in [2.45, 2.75) is 19.6 Å². The molecular formula is C15H14Cl3NO. The van der Waals surface area contributed by atoms with E-state index >= 15 is 0 Å². The molecule has 2 nitrogen and oxygen atoms in total. The Hall–Kier alpha value is -0.930. The Kier molecular flexibility index (Phi) is 5.17. The normalized spacial score (nSPS) is 12.2. The molecule has 20 heavy (non-hydrogen) atoms. The number of rotatable bonds is 4. The summed E-state index contributed by atoms with van der Waals surface area (Å²) in [5.41, 5.74) is 7.58. The summed E-state index contributed by atoms with van der Waals surface area (Å²) in [6.45, 7) is 2.20. The predicted octanol–water partition coefficient (Wildman–Crippen LogP) is 5.25. The van der Waals surface area contributed by atoms with E-state index in [0.29, 0.717) is 27.4 Å². The second-order valence-corrected chi connectivity index (χ2v) is 5.75. The quantitative estimate of drug-likeness (QED) is 0.831. The molecule has 2 rings (SSSR count). The van der Waals surface area contributed by atoms with Crippen LogP contribution in [0.25, 0.3) is 0 Å². The van der Waals surface area contributed by atoms with Crippen LogP contribution in [0.15, 0.2) is 36.4 Å². The van der Waals surface area contributed by atoms with Crippen molar-refractivity contribution in [2.75, 3.05) is 0 Å². The molecular weight excluding hydrogens is 317 g/mol. The fraction of sp³-hybridized carbons (Fsp3) is 0.200. The van der Waals surface area contributed by atoms with Gasteiger partial charge in [0.05, 0.1) is 5.02 Å². The second kappa shape index (κ2) is 6.68. The molecule has 0 fully saturated rings. The molecule has 0 saturated carbocycles. The minimum absolute atomic E-state index is 0.0658. The molecule has 5 heteroatoms. The van der Waals surface area contributed by atoms with Crippen LogP contribution < -0.4 is 10.5 Å². The number of benzene rings is 2. The molecule has 1 atom stereocenters. The van der Waals surface area contributed by atoms with E-state index in [-0.39, 0.29) is 6.04 Å². The van der Waals surface area contributed by atoms with Gasteiger partial charge in [-0.05, 0) is 42.8 Å². The lowest BCUT2D eigenvalue weighted by Crippen LogP contribution is -2.05. The summed E-state index contributed by atoms with van der Waals surface area (Å²) in [7, 11) is 0. The first kappa shape index (κ1) is 15.5. The van der Waals surface area contributed by atoms with Gasteiger partial charge in [0.15, 0.2) is 0 Å². The summed E-state index contributed by atoms with van der Waals surface area (Å²) in [6, 6.07) is 10.7. The Morgan fingerprint density at radius 2 is 1.80 bits per heavy atom. The standard InChI is InChI=1S/C15H14Cl3NO/c1-9(19)10-2-5-15(14(18)7-10)20-8-11-6-12(16)3-4-13(11)17/h2-7,9H,8,19H2,1H3. The monoisotopic (exact) mass is 329 g/mol. The Morgan fingerprint density at radius 1 is 1.05 bits per heavy atom. The molecule has 1 unspecified atom stereocenters. The number of hydrogen-bond acceptors (Lipinski definition) is 2. The van der Waals surface area contributed by atoms with Gasteiger partial charge in [0.25, 0.3) is 0 Å². The minimum atomic E-state index is -0.0658. The van der Waals surface area contributed by atoms with Crippen LogP contribution in [0, 0.1) is 0 Å². The molecule has 106 valence electrons. The van der Waals surface area contributed by atoms with Crippen molar-refractivity contribution >= 4 is 34.8 Å². The minimum Gasteiger partial charge on any atom is -0.487 e. The van der Waals surface area contributed by atoms with Gasteiger partial charge < -0.3 is 10.5 Å². The van der Waals surface area contributed by atoms with Crippen molar-refractivity contribution in [3.8, 4) is 5.75 Å². The van der Waals surface area contributed by atoms with E-state index in [4.69, 9.17) is 45.3 Å². The summed E-state index contributed by atoms with van der Waals surface area (Å²) in [5, 5.41) is 1.75. The summed E-state index contributed by atoms with van der Waals surface area (Å²) >= 11 is 18.2. The van der Waals surface area contributed by atoms with Crippen molar-refractivity contribution in [2.24, 2.45) is 5.73 Å². The van der Waals surface area contributed by atoms with E-state index in [9.17, 15) is 0 Å². The lowest BCUT2D eigenvalue weighted by atomic mass is 10.1. The Balaban J connectivity index is 2.13. The largest absolute Gasteiger partial charge is 0.487 e. The third-order valence-electron chi connectivity index (χ3n) is 2.87. The third kappa shape index (κ3) is 3.80. The average Bonchev–Trinajstić information content (AvgIpc) is 2.40. The zero-order valence-electron chi connectivity index (χ0n) is 10.9. The Morgan fingerprint density at radius 3 is 2.45 bits per heavy atom. The molecule has 0 aliphatic heterocycles. The van der Waals surface area contributed by atoms with E-state index in [1.807, 2.05) is 13.0 Å². The van der Waals surface area contributed by atoms with E-state index in [1.165, 1.54) is 0 Å². The van der Waals surface area contributed by atoms with Gasteiger partial charge in [0.2, 0.25) is 0 Å². The number of hydrogen-bond donors (Lipinski definition) is 1. The summed E-state index contributed by atoms with van der Waals surface area (Å²) < 4.78 is 5.68. The van der Waals surface area contributed by atoms with Crippen molar-refractivity contribution in [1.82, 2.24) is 0 Å². The SMILES string of the molecule is CC(N)c1ccc(OCc2cc(Cl)ccc2Cl)c(Cl)c1. The van der Waals surface area contributed by atoms with Gasteiger partial charge >= 0.3 is 0 Å². The molecule has 0 spiro atoms. The first-order valence-electron chi connectivity index (χ1n) is 6.09. The molecule has 0 aromatic heterocycles. The molecule has 0 bridgehead atoms. The zero-order valence-corrected chi connectivity index (χ0v) is 13.1. The van der Waals surface area contributed by atoms with Crippen LogP contribution in [0.4, 0.5) is 0 Å². The summed E-state index contributed by atoms with van der Waals surface area (Å²) in [5.74, 6) is 0.590. The molecule has 0 aliphatic rings. The van der Waals surface area contributed by atoms with Gasteiger partial charge in [0, 0.05) is 21.7 Å². The van der Waals surface area contributed by atoms with E-state index in [0.717, 1.165) is 11.1 Å². The molecule has 2 aromatic carbocycles. The fourth-order valence-electron chi connectivity index (χ4n) is 1.73. The predicted molar refractivity (Wildman–Crippen MR) is 84.8 cm³/mol. The number of nitrogens with two attached hydrogens (primary N) is 1. The topological polar surface area (TPSA) is 35.2 Å². The van der Waals surface area contributed by atoms with Crippen molar-refractivity contribution in [3.63, 3.8) is 0 Å². The number of halogens is 3. The molecule has 0 amide bonds. The van der Waals surface area contributed by atoms with Crippen molar-refractivity contribution in [3.05, 3.63) is 62.6 Å². The zero-order chi connectivity index (χ0) is 14.7. The Bertz CT molecular complexity index is 614. The molecule has 0 aliphatic carbocycles. The van der Waals surface area contributed by atoms with Gasteiger partial charge in [-0.3, -0.25) is 0 Å². The van der Waals surface area contributed by atoms with E-state index in [1.54, 1.807) is 30.3 Å². The van der Waals surface area contributed by atoms with Gasteiger partial charge in [-0.2, -0.15) is 0 Å². The highest BCUT2D eigenvalue weighted by atomic mass is 35.5. The molecule has 0 saturated heterocycles. The van der Waals surface area contributed by atoms with Crippen LogP contribution in [0.2, 0.25) is 15.1 Å². The molecule has 0 heterocycles.